The molecule has 0 aliphatic carbocycles. The molecule has 0 spiro atoms. The van der Waals surface area contributed by atoms with Crippen LogP contribution in [0.5, 0.6) is 0 Å². The maximum Gasteiger partial charge on any atom is 0.263 e. The van der Waals surface area contributed by atoms with Crippen molar-refractivity contribution in [2.24, 2.45) is 0 Å². The predicted molar refractivity (Wildman–Crippen MR) is 85.6 cm³/mol. The second-order valence-corrected chi connectivity index (χ2v) is 7.08. The van der Waals surface area contributed by atoms with E-state index in [0.29, 0.717) is 5.69 Å². The highest BCUT2D eigenvalue weighted by atomic mass is 79.9. The molecule has 0 saturated heterocycles. The molecule has 4 nitrogen and oxygen atoms in total. The number of benzene rings is 2. The van der Waals surface area contributed by atoms with E-state index >= 15 is 0 Å². The Labute approximate surface area is 132 Å². The monoisotopic (exact) mass is 364 g/mol. The number of aryl methyl sites for hydroxylation is 2. The lowest BCUT2D eigenvalue weighted by atomic mass is 10.1. The lowest BCUT2D eigenvalue weighted by molar-refractivity contribution is 0.601. The Balaban J connectivity index is 2.46. The molecule has 0 heterocycles. The Bertz CT molecular complexity index is 816. The quantitative estimate of drug-likeness (QED) is 0.901. The molecule has 0 atom stereocenters. The van der Waals surface area contributed by atoms with Crippen molar-refractivity contribution < 1.29 is 8.42 Å². The number of hydrogen-bond acceptors (Lipinski definition) is 3. The van der Waals surface area contributed by atoms with Gasteiger partial charge >= 0.3 is 0 Å². The summed E-state index contributed by atoms with van der Waals surface area (Å²) in [6, 6.07) is 11.5. The summed E-state index contributed by atoms with van der Waals surface area (Å²) in [6.45, 7) is 3.77. The normalized spacial score (nSPS) is 11.0. The van der Waals surface area contributed by atoms with Crippen LogP contribution in [0.1, 0.15) is 16.7 Å². The minimum Gasteiger partial charge on any atom is -0.280 e. The van der Waals surface area contributed by atoms with Gasteiger partial charge < -0.3 is 0 Å². The van der Waals surface area contributed by atoms with Crippen LogP contribution in [0.4, 0.5) is 5.69 Å². The Morgan fingerprint density at radius 3 is 2.29 bits per heavy atom. The predicted octanol–water partition coefficient (Wildman–Crippen LogP) is 3.74. The zero-order valence-corrected chi connectivity index (χ0v) is 13.9. The number of anilines is 1. The lowest BCUT2D eigenvalue weighted by Gasteiger charge is -2.12. The molecule has 0 aliphatic heterocycles. The van der Waals surface area contributed by atoms with Crippen LogP contribution in [-0.2, 0) is 10.0 Å². The number of nitrogens with one attached hydrogen (secondary N) is 1. The second-order valence-electron chi connectivity index (χ2n) is 4.64. The molecule has 2 rings (SSSR count). The lowest BCUT2D eigenvalue weighted by Crippen LogP contribution is -2.14. The molecule has 0 aliphatic rings. The first-order chi connectivity index (χ1) is 9.85. The summed E-state index contributed by atoms with van der Waals surface area (Å²) < 4.78 is 28.3. The van der Waals surface area contributed by atoms with Gasteiger partial charge in [-0.15, -0.1) is 0 Å². The van der Waals surface area contributed by atoms with Gasteiger partial charge in [0.15, 0.2) is 0 Å². The number of hydrogen-bond donors (Lipinski definition) is 1. The highest BCUT2D eigenvalue weighted by molar-refractivity contribution is 9.10. The fraction of sp³-hybridized carbons (Fsp3) is 0.133. The molecule has 21 heavy (non-hydrogen) atoms. The van der Waals surface area contributed by atoms with Crippen LogP contribution in [0, 0.1) is 25.2 Å². The number of nitrogens with zero attached hydrogens (tertiary/aromatic N) is 1. The first-order valence-electron chi connectivity index (χ1n) is 6.14. The Morgan fingerprint density at radius 1 is 1.14 bits per heavy atom. The van der Waals surface area contributed by atoms with Crippen molar-refractivity contribution in [1.82, 2.24) is 0 Å². The highest BCUT2D eigenvalue weighted by Gasteiger charge is 2.18. The smallest absolute Gasteiger partial charge is 0.263 e. The first-order valence-corrected chi connectivity index (χ1v) is 8.41. The van der Waals surface area contributed by atoms with E-state index in [1.54, 1.807) is 24.3 Å². The van der Waals surface area contributed by atoms with Gasteiger partial charge in [-0.05, 0) is 49.2 Å². The van der Waals surface area contributed by atoms with Gasteiger partial charge in [0.1, 0.15) is 11.0 Å². The van der Waals surface area contributed by atoms with E-state index in [1.807, 2.05) is 19.9 Å². The van der Waals surface area contributed by atoms with E-state index in [-0.39, 0.29) is 10.5 Å². The molecule has 0 amide bonds. The van der Waals surface area contributed by atoms with E-state index in [9.17, 15) is 8.42 Å². The fourth-order valence-electron chi connectivity index (χ4n) is 2.01. The van der Waals surface area contributed by atoms with Gasteiger partial charge in [0.05, 0.1) is 5.56 Å². The van der Waals surface area contributed by atoms with Crippen molar-refractivity contribution in [3.05, 3.63) is 57.6 Å². The maximum absolute atomic E-state index is 12.4. The van der Waals surface area contributed by atoms with Gasteiger partial charge in [-0.1, -0.05) is 28.1 Å². The fourth-order valence-corrected chi connectivity index (χ4v) is 3.44. The zero-order valence-electron chi connectivity index (χ0n) is 11.5. The van der Waals surface area contributed by atoms with E-state index in [1.165, 1.54) is 12.1 Å². The van der Waals surface area contributed by atoms with Crippen LogP contribution in [-0.4, -0.2) is 8.42 Å². The third-order valence-electron chi connectivity index (χ3n) is 2.99. The second kappa shape index (κ2) is 5.88. The van der Waals surface area contributed by atoms with Crippen molar-refractivity contribution in [2.75, 3.05) is 4.72 Å². The van der Waals surface area contributed by atoms with Crippen LogP contribution in [0.2, 0.25) is 0 Å². The summed E-state index contributed by atoms with van der Waals surface area (Å²) in [6.07, 6.45) is 0. The Kier molecular flexibility index (Phi) is 4.35. The average molecular weight is 365 g/mol. The Hall–Kier alpha value is -1.84. The molecule has 2 aromatic carbocycles. The van der Waals surface area contributed by atoms with Crippen molar-refractivity contribution >= 4 is 31.6 Å². The molecular formula is C15H13BrN2O2S. The van der Waals surface area contributed by atoms with Gasteiger partial charge in [0.25, 0.3) is 10.0 Å². The number of sulfonamides is 1. The average Bonchev–Trinajstić information content (AvgIpc) is 2.44. The number of halogens is 1. The molecular weight excluding hydrogens is 352 g/mol. The van der Waals surface area contributed by atoms with E-state index in [2.05, 4.69) is 20.7 Å². The van der Waals surface area contributed by atoms with Crippen molar-refractivity contribution in [1.29, 1.82) is 5.26 Å². The topological polar surface area (TPSA) is 70.0 Å². The van der Waals surface area contributed by atoms with Crippen molar-refractivity contribution in [2.45, 2.75) is 18.7 Å². The molecule has 6 heteroatoms. The van der Waals surface area contributed by atoms with Crippen LogP contribution in [0.25, 0.3) is 0 Å². The molecule has 1 N–H and O–H groups in total. The van der Waals surface area contributed by atoms with E-state index in [0.717, 1.165) is 15.6 Å². The molecule has 0 aromatic heterocycles. The van der Waals surface area contributed by atoms with Crippen LogP contribution >= 0.6 is 15.9 Å². The molecule has 0 fully saturated rings. The van der Waals surface area contributed by atoms with Crippen LogP contribution in [0.3, 0.4) is 0 Å². The van der Waals surface area contributed by atoms with Crippen molar-refractivity contribution in [3.8, 4) is 6.07 Å². The summed E-state index contributed by atoms with van der Waals surface area (Å²) in [5.41, 5.74) is 2.46. The number of nitriles is 1. The minimum atomic E-state index is -3.79. The summed E-state index contributed by atoms with van der Waals surface area (Å²) in [5.74, 6) is 0. The number of rotatable bonds is 3. The summed E-state index contributed by atoms with van der Waals surface area (Å²) in [7, 11) is -3.79. The third kappa shape index (κ3) is 3.26. The standard InChI is InChI=1S/C15H13BrN2O2S/c1-10-7-13(8-11(2)15(10)16)18-21(19,20)14-6-4-3-5-12(14)9-17/h3-8,18H,1-2H3. The summed E-state index contributed by atoms with van der Waals surface area (Å²) >= 11 is 3.44. The molecule has 0 unspecified atom stereocenters. The first kappa shape index (κ1) is 15.5. The molecule has 0 bridgehead atoms. The van der Waals surface area contributed by atoms with E-state index in [4.69, 9.17) is 5.26 Å². The highest BCUT2D eigenvalue weighted by Crippen LogP contribution is 2.27. The SMILES string of the molecule is Cc1cc(NS(=O)(=O)c2ccccc2C#N)cc(C)c1Br. The Morgan fingerprint density at radius 2 is 1.71 bits per heavy atom. The van der Waals surface area contributed by atoms with Gasteiger partial charge in [-0.25, -0.2) is 8.42 Å². The molecule has 0 saturated carbocycles. The largest absolute Gasteiger partial charge is 0.280 e. The summed E-state index contributed by atoms with van der Waals surface area (Å²) in [5, 5.41) is 9.02. The maximum atomic E-state index is 12.4. The van der Waals surface area contributed by atoms with Crippen LogP contribution < -0.4 is 4.72 Å². The van der Waals surface area contributed by atoms with Gasteiger partial charge in [0, 0.05) is 10.2 Å². The van der Waals surface area contributed by atoms with Gasteiger partial charge in [0.2, 0.25) is 0 Å². The van der Waals surface area contributed by atoms with E-state index < -0.39 is 10.0 Å². The van der Waals surface area contributed by atoms with Gasteiger partial charge in [-0.2, -0.15) is 5.26 Å². The molecule has 2 aromatic rings. The van der Waals surface area contributed by atoms with Gasteiger partial charge in [-0.3, -0.25) is 4.72 Å². The summed E-state index contributed by atoms with van der Waals surface area (Å²) in [4.78, 5) is -0.0225. The third-order valence-corrected chi connectivity index (χ3v) is 5.68. The molecule has 108 valence electrons. The van der Waals surface area contributed by atoms with Crippen LogP contribution in [0.15, 0.2) is 45.8 Å². The molecule has 0 radical (unpaired) electrons. The zero-order chi connectivity index (χ0) is 15.6. The van der Waals surface area contributed by atoms with Crippen molar-refractivity contribution in [3.63, 3.8) is 0 Å². The minimum absolute atomic E-state index is 0.0225.